The summed E-state index contributed by atoms with van der Waals surface area (Å²) in [5, 5.41) is 34.1. The first-order valence-electron chi connectivity index (χ1n) is 15.5. The summed E-state index contributed by atoms with van der Waals surface area (Å²) in [7, 11) is 0. The second-order valence-electron chi connectivity index (χ2n) is 10.5. The van der Waals surface area contributed by atoms with Crippen molar-refractivity contribution in [2.24, 2.45) is 15.0 Å². The van der Waals surface area contributed by atoms with Crippen molar-refractivity contribution >= 4 is 18.6 Å². The summed E-state index contributed by atoms with van der Waals surface area (Å²) in [6, 6.07) is 50.5. The Morgan fingerprint density at radius 3 is 0.796 bits per heavy atom. The Bertz CT molecular complexity index is 1660. The minimum absolute atomic E-state index is 0. The third-order valence-electron chi connectivity index (χ3n) is 6.80. The summed E-state index contributed by atoms with van der Waals surface area (Å²) in [6.45, 7) is 1.82. The zero-order valence-electron chi connectivity index (χ0n) is 26.9. The number of para-hydroxylation sites is 3. The van der Waals surface area contributed by atoms with Crippen LogP contribution in [0.2, 0.25) is 0 Å². The Morgan fingerprint density at radius 2 is 0.551 bits per heavy atom. The molecule has 0 N–H and O–H groups in total. The minimum Gasteiger partial charge on any atom is -0.872 e. The molecular formula is C42H36FeN3O3. The van der Waals surface area contributed by atoms with Crippen LogP contribution in [-0.4, -0.2) is 18.6 Å². The van der Waals surface area contributed by atoms with E-state index in [9.17, 15) is 15.3 Å². The molecule has 0 spiro atoms. The first kappa shape index (κ1) is 37.7. The van der Waals surface area contributed by atoms with Crippen molar-refractivity contribution in [3.8, 4) is 17.2 Å². The quantitative estimate of drug-likeness (QED) is 0.119. The van der Waals surface area contributed by atoms with Crippen LogP contribution in [0.25, 0.3) is 0 Å². The molecule has 0 saturated carbocycles. The molecule has 0 fully saturated rings. The number of nitrogens with zero attached hydrogens (tertiary/aromatic N) is 3. The maximum atomic E-state index is 11.4. The summed E-state index contributed by atoms with van der Waals surface area (Å²) in [5.41, 5.74) is 5.33. The Labute approximate surface area is 299 Å². The van der Waals surface area contributed by atoms with Crippen LogP contribution in [0.3, 0.4) is 0 Å². The van der Waals surface area contributed by atoms with Crippen molar-refractivity contribution in [2.45, 2.75) is 19.6 Å². The van der Waals surface area contributed by atoms with Crippen LogP contribution in [0.4, 0.5) is 0 Å². The van der Waals surface area contributed by atoms with Gasteiger partial charge in [-0.3, -0.25) is 15.0 Å². The van der Waals surface area contributed by atoms with E-state index in [1.807, 2.05) is 109 Å². The Morgan fingerprint density at radius 1 is 0.327 bits per heavy atom. The Kier molecular flexibility index (Phi) is 16.9. The number of hydrogen-bond acceptors (Lipinski definition) is 6. The molecule has 0 amide bonds. The largest absolute Gasteiger partial charge is 3.00 e. The molecule has 6 aromatic carbocycles. The van der Waals surface area contributed by atoms with Gasteiger partial charge in [-0.25, -0.2) is 0 Å². The number of aliphatic imine (C=N–C) groups is 3. The zero-order valence-corrected chi connectivity index (χ0v) is 28.0. The van der Waals surface area contributed by atoms with Gasteiger partial charge in [-0.05, 0) is 33.4 Å². The summed E-state index contributed by atoms with van der Waals surface area (Å²) in [6.07, 6.45) is 4.90. The van der Waals surface area contributed by atoms with Crippen molar-refractivity contribution in [1.82, 2.24) is 0 Å². The Balaban J connectivity index is 0.000000197. The molecule has 6 aromatic rings. The van der Waals surface area contributed by atoms with Gasteiger partial charge in [0.05, 0.1) is 19.6 Å². The molecular weight excluding hydrogens is 650 g/mol. The minimum atomic E-state index is 0. The van der Waals surface area contributed by atoms with Crippen LogP contribution in [0, 0.1) is 0 Å². The Hall–Kier alpha value is -5.75. The van der Waals surface area contributed by atoms with Crippen molar-refractivity contribution in [1.29, 1.82) is 0 Å². The van der Waals surface area contributed by atoms with Crippen LogP contribution in [0.15, 0.2) is 179 Å². The van der Waals surface area contributed by atoms with E-state index in [4.69, 9.17) is 0 Å². The molecule has 0 aliphatic heterocycles. The van der Waals surface area contributed by atoms with E-state index in [1.54, 1.807) is 73.2 Å². The molecule has 7 heteroatoms. The molecule has 0 bridgehead atoms. The SMILES string of the molecule is [Fe+3].[O-]c1ccccc1C=NCc1ccccc1.[O-]c1ccccc1C=NCc1ccccc1.[O-]c1ccccc1C=NCc1ccccc1. The third-order valence-corrected chi connectivity index (χ3v) is 6.80. The molecule has 0 aliphatic rings. The van der Waals surface area contributed by atoms with Crippen LogP contribution in [0.1, 0.15) is 33.4 Å². The molecule has 0 saturated heterocycles. The van der Waals surface area contributed by atoms with E-state index in [0.717, 1.165) is 16.7 Å². The van der Waals surface area contributed by atoms with Gasteiger partial charge in [0.15, 0.2) is 0 Å². The molecule has 0 unspecified atom stereocenters. The van der Waals surface area contributed by atoms with Crippen LogP contribution in [-0.2, 0) is 36.7 Å². The average molecular weight is 687 g/mol. The predicted molar refractivity (Wildman–Crippen MR) is 191 cm³/mol. The van der Waals surface area contributed by atoms with Gasteiger partial charge < -0.3 is 15.3 Å². The number of benzene rings is 6. The van der Waals surface area contributed by atoms with Gasteiger partial charge in [0.1, 0.15) is 0 Å². The first-order valence-corrected chi connectivity index (χ1v) is 15.5. The van der Waals surface area contributed by atoms with Gasteiger partial charge >= 0.3 is 17.1 Å². The summed E-state index contributed by atoms with van der Waals surface area (Å²) in [4.78, 5) is 12.7. The van der Waals surface area contributed by atoms with Gasteiger partial charge in [-0.15, -0.1) is 17.2 Å². The second kappa shape index (κ2) is 21.9. The summed E-state index contributed by atoms with van der Waals surface area (Å²) < 4.78 is 0. The fourth-order valence-electron chi connectivity index (χ4n) is 4.26. The van der Waals surface area contributed by atoms with Crippen molar-refractivity contribution < 1.29 is 32.4 Å². The van der Waals surface area contributed by atoms with Crippen molar-refractivity contribution in [2.75, 3.05) is 0 Å². The second-order valence-corrected chi connectivity index (χ2v) is 10.5. The van der Waals surface area contributed by atoms with Crippen molar-refractivity contribution in [3.63, 3.8) is 0 Å². The van der Waals surface area contributed by atoms with E-state index in [0.29, 0.717) is 36.3 Å². The van der Waals surface area contributed by atoms with E-state index < -0.39 is 0 Å². The molecule has 245 valence electrons. The molecule has 6 rings (SSSR count). The first-order chi connectivity index (χ1) is 23.6. The third kappa shape index (κ3) is 14.3. The average Bonchev–Trinajstić information content (AvgIpc) is 3.13. The predicted octanol–water partition coefficient (Wildman–Crippen LogP) is 7.14. The van der Waals surface area contributed by atoms with E-state index >= 15 is 0 Å². The topological polar surface area (TPSA) is 106 Å². The normalized spacial score (nSPS) is 10.5. The van der Waals surface area contributed by atoms with Gasteiger partial charge in [-0.2, -0.15) is 0 Å². The fourth-order valence-corrected chi connectivity index (χ4v) is 4.26. The zero-order chi connectivity index (χ0) is 33.7. The van der Waals surface area contributed by atoms with Crippen molar-refractivity contribution in [3.05, 3.63) is 197 Å². The number of rotatable bonds is 9. The summed E-state index contributed by atoms with van der Waals surface area (Å²) >= 11 is 0. The molecule has 49 heavy (non-hydrogen) atoms. The van der Waals surface area contributed by atoms with Gasteiger partial charge in [-0.1, -0.05) is 164 Å². The maximum absolute atomic E-state index is 11.4. The van der Waals surface area contributed by atoms with Gasteiger partial charge in [0.25, 0.3) is 0 Å². The monoisotopic (exact) mass is 686 g/mol. The van der Waals surface area contributed by atoms with Crippen LogP contribution < -0.4 is 15.3 Å². The molecule has 0 aromatic heterocycles. The summed E-state index contributed by atoms with van der Waals surface area (Å²) in [5.74, 6) is 0.0398. The van der Waals surface area contributed by atoms with Gasteiger partial charge in [0, 0.05) is 18.6 Å². The molecule has 0 atom stereocenters. The molecule has 1 radical (unpaired) electrons. The maximum Gasteiger partial charge on any atom is 3.00 e. The fraction of sp³-hybridized carbons (Fsp3) is 0.0714. The van der Waals surface area contributed by atoms with E-state index in [1.165, 1.54) is 0 Å². The number of hydrogen-bond donors (Lipinski definition) is 0. The molecule has 0 heterocycles. The molecule has 6 nitrogen and oxygen atoms in total. The van der Waals surface area contributed by atoms with E-state index in [-0.39, 0.29) is 34.3 Å². The van der Waals surface area contributed by atoms with E-state index in [2.05, 4.69) is 15.0 Å². The molecule has 0 aliphatic carbocycles. The van der Waals surface area contributed by atoms with Gasteiger partial charge in [0.2, 0.25) is 0 Å². The standard InChI is InChI=1S/3C14H13NO.Fe/c3*16-14-9-5-4-8-13(14)11-15-10-12-6-2-1-3-7-12;/h3*1-9,11,16H,10H2;/q;;;+3/p-3. The van der Waals surface area contributed by atoms with Crippen LogP contribution >= 0.6 is 0 Å². The smallest absolute Gasteiger partial charge is 0.872 e. The van der Waals surface area contributed by atoms with Crippen LogP contribution in [0.5, 0.6) is 17.2 Å².